The number of thiazole rings is 1. The van der Waals surface area contributed by atoms with E-state index >= 15 is 0 Å². The molecule has 25 heavy (non-hydrogen) atoms. The Labute approximate surface area is 150 Å². The van der Waals surface area contributed by atoms with Gasteiger partial charge in [-0.1, -0.05) is 11.3 Å². The highest BCUT2D eigenvalue weighted by Gasteiger charge is 2.19. The number of aryl methyl sites for hydroxylation is 2. The second-order valence-electron chi connectivity index (χ2n) is 6.98. The van der Waals surface area contributed by atoms with Crippen LogP contribution >= 0.6 is 11.3 Å². The van der Waals surface area contributed by atoms with Gasteiger partial charge in [0.2, 0.25) is 0 Å². The molecule has 0 aliphatic carbocycles. The van der Waals surface area contributed by atoms with Crippen molar-refractivity contribution in [3.8, 4) is 10.4 Å². The first-order valence-electron chi connectivity index (χ1n) is 8.84. The number of aromatic nitrogens is 4. The van der Waals surface area contributed by atoms with Crippen LogP contribution < -0.4 is 5.32 Å². The number of nitrogens with zero attached hydrogens (tertiary/aromatic N) is 4. The lowest BCUT2D eigenvalue weighted by Crippen LogP contribution is -2.26. The number of pyridine rings is 1. The maximum Gasteiger partial charge on any atom is 0.194 e. The number of fused-ring (bicyclic) bond motifs is 2. The number of imidazole rings is 1. The van der Waals surface area contributed by atoms with Crippen LogP contribution in [0.3, 0.4) is 0 Å². The molecule has 4 aromatic heterocycles. The van der Waals surface area contributed by atoms with Crippen LogP contribution in [0.2, 0.25) is 0 Å². The van der Waals surface area contributed by atoms with Gasteiger partial charge in [0.05, 0.1) is 21.8 Å². The minimum Gasteiger partial charge on any atom is -0.317 e. The summed E-state index contributed by atoms with van der Waals surface area (Å²) in [5, 5.41) is 7.97. The van der Waals surface area contributed by atoms with E-state index in [1.165, 1.54) is 29.0 Å². The monoisotopic (exact) mass is 351 g/mol. The van der Waals surface area contributed by atoms with Gasteiger partial charge in [0.1, 0.15) is 0 Å². The Hall–Kier alpha value is -2.18. The van der Waals surface area contributed by atoms with Crippen molar-refractivity contribution in [2.45, 2.75) is 32.6 Å². The molecule has 4 aromatic rings. The molecule has 0 amide bonds. The number of hydrogen-bond acceptors (Lipinski definition) is 4. The molecule has 0 saturated carbocycles. The highest BCUT2D eigenvalue weighted by Crippen LogP contribution is 2.32. The number of piperidine rings is 1. The Morgan fingerprint density at radius 2 is 1.96 bits per heavy atom. The molecule has 0 radical (unpaired) electrons. The Balaban J connectivity index is 1.53. The van der Waals surface area contributed by atoms with Crippen LogP contribution in [-0.2, 0) is 0 Å². The molecule has 5 nitrogen and oxygen atoms in total. The smallest absolute Gasteiger partial charge is 0.194 e. The highest BCUT2D eigenvalue weighted by atomic mass is 32.1. The first-order chi connectivity index (χ1) is 12.2. The second-order valence-corrected chi connectivity index (χ2v) is 7.99. The first-order valence-corrected chi connectivity index (χ1v) is 9.65. The number of hydrogen-bond donors (Lipinski definition) is 1. The van der Waals surface area contributed by atoms with Crippen molar-refractivity contribution < 1.29 is 0 Å². The van der Waals surface area contributed by atoms with Crippen molar-refractivity contribution in [3.05, 3.63) is 47.7 Å². The molecule has 1 saturated heterocycles. The fraction of sp³-hybridized carbons (Fsp3) is 0.368. The van der Waals surface area contributed by atoms with Gasteiger partial charge < -0.3 is 5.32 Å². The van der Waals surface area contributed by atoms with Crippen molar-refractivity contribution in [1.82, 2.24) is 24.3 Å². The maximum absolute atomic E-state index is 4.91. The van der Waals surface area contributed by atoms with E-state index in [-0.39, 0.29) is 0 Å². The lowest BCUT2D eigenvalue weighted by molar-refractivity contribution is 0.454. The summed E-state index contributed by atoms with van der Waals surface area (Å²) in [6.07, 6.45) is 6.81. The van der Waals surface area contributed by atoms with E-state index in [9.17, 15) is 0 Å². The van der Waals surface area contributed by atoms with Gasteiger partial charge in [-0.25, -0.2) is 9.50 Å². The van der Waals surface area contributed by atoms with Gasteiger partial charge in [-0.2, -0.15) is 5.10 Å². The van der Waals surface area contributed by atoms with Crippen LogP contribution in [0.15, 0.2) is 30.6 Å². The van der Waals surface area contributed by atoms with E-state index in [1.807, 2.05) is 11.4 Å². The van der Waals surface area contributed by atoms with Gasteiger partial charge in [-0.3, -0.25) is 4.40 Å². The Morgan fingerprint density at radius 3 is 2.76 bits per heavy atom. The van der Waals surface area contributed by atoms with E-state index in [2.05, 4.69) is 52.3 Å². The molecule has 0 bridgehead atoms. The molecule has 0 spiro atoms. The van der Waals surface area contributed by atoms with E-state index in [0.29, 0.717) is 5.92 Å². The second kappa shape index (κ2) is 5.68. The predicted molar refractivity (Wildman–Crippen MR) is 102 cm³/mol. The zero-order valence-electron chi connectivity index (χ0n) is 14.5. The number of rotatable bonds is 2. The number of nitrogens with one attached hydrogen (secondary N) is 1. The maximum atomic E-state index is 4.91. The fourth-order valence-corrected chi connectivity index (χ4v) is 4.76. The molecule has 1 aliphatic heterocycles. The van der Waals surface area contributed by atoms with Gasteiger partial charge in [-0.15, -0.1) is 0 Å². The fourth-order valence-electron chi connectivity index (χ4n) is 3.80. The molecule has 1 fully saturated rings. The van der Waals surface area contributed by atoms with Crippen LogP contribution in [0.4, 0.5) is 0 Å². The SMILES string of the molecule is Cc1cc2cc(-c3cn4cc(C5CCNCC5)nc4s3)cc(C)n2n1. The predicted octanol–water partition coefficient (Wildman–Crippen LogP) is 3.79. The molecule has 0 aromatic carbocycles. The first kappa shape index (κ1) is 15.1. The molecular weight excluding hydrogens is 330 g/mol. The van der Waals surface area contributed by atoms with Crippen LogP contribution in [0.5, 0.6) is 0 Å². The third-order valence-electron chi connectivity index (χ3n) is 5.08. The summed E-state index contributed by atoms with van der Waals surface area (Å²) >= 11 is 1.77. The third-order valence-corrected chi connectivity index (χ3v) is 6.12. The zero-order chi connectivity index (χ0) is 17.0. The molecule has 5 rings (SSSR count). The molecule has 128 valence electrons. The average Bonchev–Trinajstić information content (AvgIpc) is 3.27. The normalized spacial score (nSPS) is 16.2. The summed E-state index contributed by atoms with van der Waals surface area (Å²) in [4.78, 5) is 7.25. The van der Waals surface area contributed by atoms with Crippen molar-refractivity contribution >= 4 is 21.8 Å². The van der Waals surface area contributed by atoms with Crippen molar-refractivity contribution in [1.29, 1.82) is 0 Å². The molecule has 0 atom stereocenters. The lowest BCUT2D eigenvalue weighted by Gasteiger charge is -2.20. The Bertz CT molecular complexity index is 1030. The summed E-state index contributed by atoms with van der Waals surface area (Å²) in [6.45, 7) is 6.35. The van der Waals surface area contributed by atoms with E-state index in [4.69, 9.17) is 4.98 Å². The summed E-state index contributed by atoms with van der Waals surface area (Å²) in [5.74, 6) is 0.602. The van der Waals surface area contributed by atoms with Gasteiger partial charge >= 0.3 is 0 Å². The van der Waals surface area contributed by atoms with Crippen LogP contribution in [0.25, 0.3) is 20.9 Å². The lowest BCUT2D eigenvalue weighted by atomic mass is 9.95. The van der Waals surface area contributed by atoms with Crippen LogP contribution in [0.1, 0.15) is 35.8 Å². The van der Waals surface area contributed by atoms with Crippen molar-refractivity contribution in [2.75, 3.05) is 13.1 Å². The molecule has 1 N–H and O–H groups in total. The summed E-state index contributed by atoms with van der Waals surface area (Å²) < 4.78 is 4.20. The van der Waals surface area contributed by atoms with Crippen LogP contribution in [-0.4, -0.2) is 32.1 Å². The zero-order valence-corrected chi connectivity index (χ0v) is 15.3. The van der Waals surface area contributed by atoms with Crippen molar-refractivity contribution in [2.24, 2.45) is 0 Å². The molecular formula is C19H21N5S. The molecule has 0 unspecified atom stereocenters. The van der Waals surface area contributed by atoms with Gasteiger partial charge in [0, 0.05) is 24.0 Å². The Kier molecular flexibility index (Phi) is 3.43. The highest BCUT2D eigenvalue weighted by molar-refractivity contribution is 7.20. The van der Waals surface area contributed by atoms with Gasteiger partial charge in [0.15, 0.2) is 4.96 Å². The standard InChI is InChI=1S/C19H21N5S/c1-12-7-16-9-15(8-13(2)24(16)22-12)18-11-23-10-17(21-19(23)25-18)14-3-5-20-6-4-14/h7-11,14,20H,3-6H2,1-2H3. The summed E-state index contributed by atoms with van der Waals surface area (Å²) in [5.41, 5.74) is 5.84. The largest absolute Gasteiger partial charge is 0.317 e. The summed E-state index contributed by atoms with van der Waals surface area (Å²) in [7, 11) is 0. The van der Waals surface area contributed by atoms with Crippen molar-refractivity contribution in [3.63, 3.8) is 0 Å². The minimum atomic E-state index is 0.602. The molecule has 1 aliphatic rings. The summed E-state index contributed by atoms with van der Waals surface area (Å²) in [6, 6.07) is 6.55. The van der Waals surface area contributed by atoms with Gasteiger partial charge in [-0.05, 0) is 63.5 Å². The molecule has 5 heterocycles. The van der Waals surface area contributed by atoms with Crippen LogP contribution in [0, 0.1) is 13.8 Å². The molecule has 6 heteroatoms. The quantitative estimate of drug-likeness (QED) is 0.598. The minimum absolute atomic E-state index is 0.602. The topological polar surface area (TPSA) is 46.6 Å². The van der Waals surface area contributed by atoms with Gasteiger partial charge in [0.25, 0.3) is 0 Å². The Morgan fingerprint density at radius 1 is 1.12 bits per heavy atom. The van der Waals surface area contributed by atoms with E-state index in [0.717, 1.165) is 35.0 Å². The third kappa shape index (κ3) is 2.56. The van der Waals surface area contributed by atoms with E-state index in [1.54, 1.807) is 11.3 Å². The van der Waals surface area contributed by atoms with E-state index < -0.39 is 0 Å². The average molecular weight is 351 g/mol.